The molecule has 186 valence electrons. The number of amides is 1. The molecule has 0 fully saturated rings. The maximum Gasteiger partial charge on any atom is 0.270 e. The third-order valence-electron chi connectivity index (χ3n) is 6.08. The van der Waals surface area contributed by atoms with E-state index in [1.54, 1.807) is 0 Å². The predicted molar refractivity (Wildman–Crippen MR) is 144 cm³/mol. The molecule has 0 saturated heterocycles. The van der Waals surface area contributed by atoms with Crippen molar-refractivity contribution in [3.63, 3.8) is 0 Å². The number of nitrogens with one attached hydrogen (secondary N) is 1. The molecule has 4 aromatic rings. The Kier molecular flexibility index (Phi) is 8.98. The van der Waals surface area contributed by atoms with Gasteiger partial charge in [-0.15, -0.1) is 11.3 Å². The Labute approximate surface area is 216 Å². The third-order valence-corrected chi connectivity index (χ3v) is 6.91. The summed E-state index contributed by atoms with van der Waals surface area (Å²) >= 11 is 1.50. The molecule has 1 aromatic heterocycles. The number of rotatable bonds is 11. The van der Waals surface area contributed by atoms with Crippen LogP contribution in [0.4, 0.5) is 4.39 Å². The van der Waals surface area contributed by atoms with E-state index >= 15 is 0 Å². The SMILES string of the molecule is Cc1ccc(CN(Cc2ccc(F)cc2)Cc2nc(C(=O)N[C@@H](C)CCc3ccccc3)cs2)cc1. The van der Waals surface area contributed by atoms with Crippen LogP contribution in [0.2, 0.25) is 0 Å². The third kappa shape index (κ3) is 7.83. The van der Waals surface area contributed by atoms with Gasteiger partial charge in [-0.1, -0.05) is 72.3 Å². The fourth-order valence-electron chi connectivity index (χ4n) is 4.04. The summed E-state index contributed by atoms with van der Waals surface area (Å²) in [6.45, 7) is 6.10. The molecular weight excluding hydrogens is 469 g/mol. The van der Waals surface area contributed by atoms with E-state index in [2.05, 4.69) is 58.5 Å². The molecule has 1 atom stereocenters. The molecule has 6 heteroatoms. The highest BCUT2D eigenvalue weighted by molar-refractivity contribution is 7.09. The number of hydrogen-bond donors (Lipinski definition) is 1. The van der Waals surface area contributed by atoms with Gasteiger partial charge >= 0.3 is 0 Å². The summed E-state index contributed by atoms with van der Waals surface area (Å²) < 4.78 is 13.4. The highest BCUT2D eigenvalue weighted by Gasteiger charge is 2.16. The van der Waals surface area contributed by atoms with Crippen LogP contribution in [-0.2, 0) is 26.1 Å². The Morgan fingerprint density at radius 1 is 0.917 bits per heavy atom. The quantitative estimate of drug-likeness (QED) is 0.254. The lowest BCUT2D eigenvalue weighted by Crippen LogP contribution is -2.33. The van der Waals surface area contributed by atoms with Crippen LogP contribution in [-0.4, -0.2) is 21.8 Å². The van der Waals surface area contributed by atoms with Crippen molar-refractivity contribution in [3.05, 3.63) is 123 Å². The van der Waals surface area contributed by atoms with Crippen LogP contribution in [0.15, 0.2) is 84.2 Å². The van der Waals surface area contributed by atoms with E-state index in [4.69, 9.17) is 0 Å². The number of aromatic nitrogens is 1. The van der Waals surface area contributed by atoms with Crippen LogP contribution < -0.4 is 5.32 Å². The Balaban J connectivity index is 1.38. The number of carbonyl (C=O) groups excluding carboxylic acids is 1. The summed E-state index contributed by atoms with van der Waals surface area (Å²) in [6, 6.07) is 25.4. The Morgan fingerprint density at radius 3 is 2.22 bits per heavy atom. The lowest BCUT2D eigenvalue weighted by atomic mass is 10.1. The number of nitrogens with zero attached hydrogens (tertiary/aromatic N) is 2. The first-order chi connectivity index (χ1) is 17.4. The van der Waals surface area contributed by atoms with E-state index in [1.165, 1.54) is 40.2 Å². The summed E-state index contributed by atoms with van der Waals surface area (Å²) in [5, 5.41) is 5.79. The first-order valence-electron chi connectivity index (χ1n) is 12.3. The summed E-state index contributed by atoms with van der Waals surface area (Å²) in [7, 11) is 0. The van der Waals surface area contributed by atoms with E-state index in [-0.39, 0.29) is 17.8 Å². The van der Waals surface area contributed by atoms with E-state index in [1.807, 2.05) is 42.6 Å². The Hall–Kier alpha value is -3.35. The van der Waals surface area contributed by atoms with Gasteiger partial charge in [0.05, 0.1) is 6.54 Å². The zero-order chi connectivity index (χ0) is 25.3. The summed E-state index contributed by atoms with van der Waals surface area (Å²) in [5.41, 5.74) is 5.18. The van der Waals surface area contributed by atoms with Crippen LogP contribution >= 0.6 is 11.3 Å². The van der Waals surface area contributed by atoms with E-state index in [9.17, 15) is 9.18 Å². The fourth-order valence-corrected chi connectivity index (χ4v) is 4.86. The zero-order valence-corrected chi connectivity index (χ0v) is 21.6. The monoisotopic (exact) mass is 501 g/mol. The highest BCUT2D eigenvalue weighted by Crippen LogP contribution is 2.18. The van der Waals surface area contributed by atoms with Crippen molar-refractivity contribution in [3.8, 4) is 0 Å². The molecule has 0 aliphatic rings. The molecule has 4 rings (SSSR count). The van der Waals surface area contributed by atoms with Gasteiger partial charge in [0.25, 0.3) is 5.91 Å². The average Bonchev–Trinajstić information content (AvgIpc) is 3.35. The molecule has 0 bridgehead atoms. The van der Waals surface area contributed by atoms with Gasteiger partial charge in [-0.05, 0) is 55.5 Å². The van der Waals surface area contributed by atoms with Crippen LogP contribution in [0, 0.1) is 12.7 Å². The minimum atomic E-state index is -0.239. The summed E-state index contributed by atoms with van der Waals surface area (Å²) in [6.07, 6.45) is 1.79. The van der Waals surface area contributed by atoms with Crippen molar-refractivity contribution >= 4 is 17.2 Å². The predicted octanol–water partition coefficient (Wildman–Crippen LogP) is 6.54. The number of hydrogen-bond acceptors (Lipinski definition) is 4. The van der Waals surface area contributed by atoms with Crippen LogP contribution in [0.25, 0.3) is 0 Å². The number of benzene rings is 3. The average molecular weight is 502 g/mol. The minimum Gasteiger partial charge on any atom is -0.348 e. The maximum absolute atomic E-state index is 13.4. The van der Waals surface area contributed by atoms with Gasteiger partial charge in [0.1, 0.15) is 16.5 Å². The molecule has 0 unspecified atom stereocenters. The van der Waals surface area contributed by atoms with Crippen molar-refractivity contribution < 1.29 is 9.18 Å². The zero-order valence-electron chi connectivity index (χ0n) is 20.8. The van der Waals surface area contributed by atoms with Gasteiger partial charge in [0.2, 0.25) is 0 Å². The maximum atomic E-state index is 13.4. The second kappa shape index (κ2) is 12.6. The van der Waals surface area contributed by atoms with Crippen molar-refractivity contribution in [1.29, 1.82) is 0 Å². The lowest BCUT2D eigenvalue weighted by Gasteiger charge is -2.21. The molecule has 0 aliphatic carbocycles. The summed E-state index contributed by atoms with van der Waals surface area (Å²) in [5.74, 6) is -0.376. The molecule has 1 amide bonds. The minimum absolute atomic E-state index is 0.0550. The smallest absolute Gasteiger partial charge is 0.270 e. The second-order valence-corrected chi connectivity index (χ2v) is 10.2. The van der Waals surface area contributed by atoms with Crippen molar-refractivity contribution in [2.24, 2.45) is 0 Å². The number of aryl methyl sites for hydroxylation is 2. The first-order valence-corrected chi connectivity index (χ1v) is 13.1. The molecular formula is C30H32FN3OS. The van der Waals surface area contributed by atoms with Crippen molar-refractivity contribution in [1.82, 2.24) is 15.2 Å². The Morgan fingerprint density at radius 2 is 1.56 bits per heavy atom. The topological polar surface area (TPSA) is 45.2 Å². The number of thiazole rings is 1. The second-order valence-electron chi connectivity index (χ2n) is 9.28. The largest absolute Gasteiger partial charge is 0.348 e. The van der Waals surface area contributed by atoms with Crippen LogP contribution in [0.1, 0.15) is 51.1 Å². The standard InChI is InChI=1S/C30H32FN3OS/c1-22-8-11-25(12-9-22)18-34(19-26-14-16-27(31)17-15-26)20-29-33-28(21-36-29)30(35)32-23(2)10-13-24-6-4-3-5-7-24/h3-9,11-12,14-17,21,23H,10,13,18-20H2,1-2H3,(H,32,35)/t23-/m0/s1. The normalized spacial score (nSPS) is 12.0. The van der Waals surface area contributed by atoms with Gasteiger partial charge < -0.3 is 5.32 Å². The van der Waals surface area contributed by atoms with Gasteiger partial charge in [0.15, 0.2) is 0 Å². The first kappa shape index (κ1) is 25.7. The van der Waals surface area contributed by atoms with Crippen molar-refractivity contribution in [2.75, 3.05) is 0 Å². The van der Waals surface area contributed by atoms with Crippen molar-refractivity contribution in [2.45, 2.75) is 52.4 Å². The summed E-state index contributed by atoms with van der Waals surface area (Å²) in [4.78, 5) is 19.7. The molecule has 4 nitrogen and oxygen atoms in total. The molecule has 0 saturated carbocycles. The van der Waals surface area contributed by atoms with E-state index < -0.39 is 0 Å². The number of halogens is 1. The fraction of sp³-hybridized carbons (Fsp3) is 0.267. The van der Waals surface area contributed by atoms with Gasteiger partial charge in [-0.3, -0.25) is 9.69 Å². The highest BCUT2D eigenvalue weighted by atomic mass is 32.1. The van der Waals surface area contributed by atoms with Gasteiger partial charge in [-0.2, -0.15) is 0 Å². The van der Waals surface area contributed by atoms with E-state index in [0.717, 1.165) is 30.0 Å². The molecule has 36 heavy (non-hydrogen) atoms. The molecule has 3 aromatic carbocycles. The van der Waals surface area contributed by atoms with Gasteiger partial charge in [-0.25, -0.2) is 9.37 Å². The lowest BCUT2D eigenvalue weighted by molar-refractivity contribution is 0.0933. The molecule has 0 radical (unpaired) electrons. The molecule has 0 aliphatic heterocycles. The van der Waals surface area contributed by atoms with E-state index in [0.29, 0.717) is 18.8 Å². The van der Waals surface area contributed by atoms with Crippen LogP contribution in [0.5, 0.6) is 0 Å². The molecule has 1 N–H and O–H groups in total. The van der Waals surface area contributed by atoms with Gasteiger partial charge in [0, 0.05) is 24.5 Å². The molecule has 0 spiro atoms. The van der Waals surface area contributed by atoms with Crippen LogP contribution in [0.3, 0.4) is 0 Å². The Bertz CT molecular complexity index is 1190. The number of carbonyl (C=O) groups is 1. The molecule has 1 heterocycles.